The van der Waals surface area contributed by atoms with Crippen LogP contribution in [0, 0.1) is 19.8 Å². The van der Waals surface area contributed by atoms with Crippen molar-refractivity contribution in [3.63, 3.8) is 0 Å². The molecule has 1 aromatic rings. The van der Waals surface area contributed by atoms with Gasteiger partial charge in [-0.3, -0.25) is 4.79 Å². The van der Waals surface area contributed by atoms with Gasteiger partial charge in [-0.2, -0.15) is 0 Å². The minimum absolute atomic E-state index is 0.118. The van der Waals surface area contributed by atoms with Gasteiger partial charge in [0.2, 0.25) is 5.91 Å². The van der Waals surface area contributed by atoms with Crippen LogP contribution in [0.25, 0.3) is 6.08 Å². The predicted molar refractivity (Wildman–Crippen MR) is 101 cm³/mol. The lowest BCUT2D eigenvalue weighted by molar-refractivity contribution is -0.141. The van der Waals surface area contributed by atoms with Crippen LogP contribution in [0.5, 0.6) is 0 Å². The van der Waals surface area contributed by atoms with Gasteiger partial charge in [-0.15, -0.1) is 0 Å². The summed E-state index contributed by atoms with van der Waals surface area (Å²) < 4.78 is 5.35. The van der Waals surface area contributed by atoms with E-state index in [1.54, 1.807) is 0 Å². The first-order valence-electron chi connectivity index (χ1n) is 9.40. The Bertz CT molecular complexity index is 619. The number of nitrogens with zero attached hydrogens (tertiary/aromatic N) is 1. The quantitative estimate of drug-likeness (QED) is 0.918. The second-order valence-electron chi connectivity index (χ2n) is 7.56. The van der Waals surface area contributed by atoms with Gasteiger partial charge in [0.1, 0.15) is 0 Å². The second-order valence-corrected chi connectivity index (χ2v) is 7.56. The van der Waals surface area contributed by atoms with Crippen molar-refractivity contribution in [1.82, 2.24) is 4.90 Å². The lowest BCUT2D eigenvalue weighted by atomic mass is 9.87. The number of hydrogen-bond acceptors (Lipinski definition) is 3. The van der Waals surface area contributed by atoms with Crippen LogP contribution < -0.4 is 5.73 Å². The molecule has 0 spiro atoms. The standard InChI is InChI=1S/C21H30N2O2/c1-16-4-3-5-17(2)19(16)7-6-18-8-12-23(13-9-18)20(24)21(22)10-14-25-15-11-21/h3-7,18H,8-15,22H2,1-2H3. The molecule has 25 heavy (non-hydrogen) atoms. The fraction of sp³-hybridized carbons (Fsp3) is 0.571. The molecule has 2 aliphatic rings. The fourth-order valence-electron chi connectivity index (χ4n) is 3.88. The summed E-state index contributed by atoms with van der Waals surface area (Å²) in [5, 5.41) is 0. The Morgan fingerprint density at radius 3 is 2.40 bits per heavy atom. The summed E-state index contributed by atoms with van der Waals surface area (Å²) in [7, 11) is 0. The molecular formula is C21H30N2O2. The van der Waals surface area contributed by atoms with Crippen molar-refractivity contribution in [3.05, 3.63) is 41.0 Å². The summed E-state index contributed by atoms with van der Waals surface area (Å²) >= 11 is 0. The van der Waals surface area contributed by atoms with Gasteiger partial charge in [0, 0.05) is 26.3 Å². The minimum Gasteiger partial charge on any atom is -0.381 e. The van der Waals surface area contributed by atoms with E-state index < -0.39 is 5.54 Å². The van der Waals surface area contributed by atoms with Gasteiger partial charge < -0.3 is 15.4 Å². The number of allylic oxidation sites excluding steroid dienone is 1. The lowest BCUT2D eigenvalue weighted by Gasteiger charge is -2.39. The molecule has 0 aliphatic carbocycles. The molecule has 2 heterocycles. The topological polar surface area (TPSA) is 55.6 Å². The van der Waals surface area contributed by atoms with E-state index in [-0.39, 0.29) is 5.91 Å². The van der Waals surface area contributed by atoms with E-state index in [2.05, 4.69) is 44.2 Å². The summed E-state index contributed by atoms with van der Waals surface area (Å²) in [6, 6.07) is 6.41. The molecule has 1 aromatic carbocycles. The maximum absolute atomic E-state index is 12.8. The molecule has 4 heteroatoms. The van der Waals surface area contributed by atoms with Crippen LogP contribution in [0.4, 0.5) is 0 Å². The van der Waals surface area contributed by atoms with Crippen molar-refractivity contribution in [1.29, 1.82) is 0 Å². The van der Waals surface area contributed by atoms with Crippen molar-refractivity contribution in [2.75, 3.05) is 26.3 Å². The predicted octanol–water partition coefficient (Wildman–Crippen LogP) is 3.06. The number of benzene rings is 1. The Kier molecular flexibility index (Phi) is 5.60. The molecule has 2 saturated heterocycles. The number of nitrogens with two attached hydrogens (primary N) is 1. The zero-order chi connectivity index (χ0) is 17.9. The number of likely N-dealkylation sites (tertiary alicyclic amines) is 1. The van der Waals surface area contributed by atoms with Crippen molar-refractivity contribution >= 4 is 12.0 Å². The van der Waals surface area contributed by atoms with E-state index in [0.717, 1.165) is 25.9 Å². The highest BCUT2D eigenvalue weighted by Crippen LogP contribution is 2.26. The Balaban J connectivity index is 1.57. The molecule has 136 valence electrons. The molecule has 2 fully saturated rings. The Morgan fingerprint density at radius 2 is 1.80 bits per heavy atom. The average Bonchev–Trinajstić information content (AvgIpc) is 2.62. The van der Waals surface area contributed by atoms with Crippen LogP contribution in [0.2, 0.25) is 0 Å². The molecule has 0 aromatic heterocycles. The number of piperidine rings is 1. The van der Waals surface area contributed by atoms with E-state index in [4.69, 9.17) is 10.5 Å². The van der Waals surface area contributed by atoms with Gasteiger partial charge in [0.05, 0.1) is 5.54 Å². The van der Waals surface area contributed by atoms with Crippen molar-refractivity contribution in [3.8, 4) is 0 Å². The highest BCUT2D eigenvalue weighted by molar-refractivity contribution is 5.86. The third-order valence-corrected chi connectivity index (χ3v) is 5.71. The molecule has 0 unspecified atom stereocenters. The molecule has 2 aliphatic heterocycles. The van der Waals surface area contributed by atoms with Crippen LogP contribution in [0.3, 0.4) is 0 Å². The molecule has 0 radical (unpaired) electrons. The number of amides is 1. The first-order valence-corrected chi connectivity index (χ1v) is 9.40. The SMILES string of the molecule is Cc1cccc(C)c1C=CC1CCN(C(=O)C2(N)CCOCC2)CC1. The number of ether oxygens (including phenoxy) is 1. The van der Waals surface area contributed by atoms with E-state index in [0.29, 0.717) is 32.0 Å². The van der Waals surface area contributed by atoms with Gasteiger partial charge in [-0.1, -0.05) is 30.4 Å². The zero-order valence-electron chi connectivity index (χ0n) is 15.5. The number of aryl methyl sites for hydroxylation is 2. The monoisotopic (exact) mass is 342 g/mol. The largest absolute Gasteiger partial charge is 0.381 e. The van der Waals surface area contributed by atoms with Crippen LogP contribution in [-0.2, 0) is 9.53 Å². The van der Waals surface area contributed by atoms with Crippen molar-refractivity contribution < 1.29 is 9.53 Å². The van der Waals surface area contributed by atoms with Gasteiger partial charge in [0.15, 0.2) is 0 Å². The number of hydrogen-bond donors (Lipinski definition) is 1. The highest BCUT2D eigenvalue weighted by Gasteiger charge is 2.39. The normalized spacial score (nSPS) is 21.6. The van der Waals surface area contributed by atoms with E-state index in [1.807, 2.05) is 4.90 Å². The van der Waals surface area contributed by atoms with Crippen molar-refractivity contribution in [2.45, 2.75) is 45.1 Å². The zero-order valence-corrected chi connectivity index (χ0v) is 15.5. The first kappa shape index (κ1) is 18.2. The Morgan fingerprint density at radius 1 is 1.20 bits per heavy atom. The molecule has 0 atom stereocenters. The van der Waals surface area contributed by atoms with E-state index in [9.17, 15) is 4.79 Å². The molecule has 2 N–H and O–H groups in total. The first-order chi connectivity index (χ1) is 12.0. The number of rotatable bonds is 3. The summed E-state index contributed by atoms with van der Waals surface area (Å²) in [6.45, 7) is 7.11. The molecule has 0 bridgehead atoms. The Hall–Kier alpha value is -1.65. The van der Waals surface area contributed by atoms with Gasteiger partial charge in [-0.25, -0.2) is 0 Å². The summed E-state index contributed by atoms with van der Waals surface area (Å²) in [6.07, 6.45) is 7.88. The lowest BCUT2D eigenvalue weighted by Crippen LogP contribution is -2.59. The summed E-state index contributed by atoms with van der Waals surface area (Å²) in [5.41, 5.74) is 9.59. The van der Waals surface area contributed by atoms with E-state index in [1.165, 1.54) is 16.7 Å². The van der Waals surface area contributed by atoms with Gasteiger partial charge in [-0.05, 0) is 62.1 Å². The smallest absolute Gasteiger partial charge is 0.242 e. The molecule has 4 nitrogen and oxygen atoms in total. The molecule has 1 amide bonds. The van der Waals surface area contributed by atoms with Crippen LogP contribution in [0.15, 0.2) is 24.3 Å². The van der Waals surface area contributed by atoms with Gasteiger partial charge >= 0.3 is 0 Å². The average molecular weight is 342 g/mol. The molecule has 3 rings (SSSR count). The Labute approximate surface area is 151 Å². The van der Waals surface area contributed by atoms with Crippen LogP contribution >= 0.6 is 0 Å². The second kappa shape index (κ2) is 7.71. The summed E-state index contributed by atoms with van der Waals surface area (Å²) in [4.78, 5) is 14.7. The fourth-order valence-corrected chi connectivity index (χ4v) is 3.88. The van der Waals surface area contributed by atoms with E-state index >= 15 is 0 Å². The summed E-state index contributed by atoms with van der Waals surface area (Å²) in [5.74, 6) is 0.652. The molecule has 0 saturated carbocycles. The highest BCUT2D eigenvalue weighted by atomic mass is 16.5. The minimum atomic E-state index is -0.709. The van der Waals surface area contributed by atoms with Gasteiger partial charge in [0.25, 0.3) is 0 Å². The third kappa shape index (κ3) is 4.13. The number of carbonyl (C=O) groups excluding carboxylic acids is 1. The third-order valence-electron chi connectivity index (χ3n) is 5.71. The van der Waals surface area contributed by atoms with Crippen LogP contribution in [0.1, 0.15) is 42.4 Å². The maximum atomic E-state index is 12.8. The maximum Gasteiger partial charge on any atom is 0.242 e. The van der Waals surface area contributed by atoms with Crippen LogP contribution in [-0.4, -0.2) is 42.6 Å². The number of carbonyl (C=O) groups is 1. The van der Waals surface area contributed by atoms with Crippen molar-refractivity contribution in [2.24, 2.45) is 11.7 Å². The molecular weight excluding hydrogens is 312 g/mol.